The zero-order chi connectivity index (χ0) is 13.4. The topological polar surface area (TPSA) is 77.0 Å². The second-order valence-corrected chi connectivity index (χ2v) is 5.17. The molecule has 0 spiro atoms. The van der Waals surface area contributed by atoms with Crippen molar-refractivity contribution < 1.29 is 5.11 Å². The van der Waals surface area contributed by atoms with Crippen LogP contribution in [0.2, 0.25) is 0 Å². The van der Waals surface area contributed by atoms with E-state index in [-0.39, 0.29) is 5.75 Å². The summed E-state index contributed by atoms with van der Waals surface area (Å²) in [5.74, 6) is 2.27. The van der Waals surface area contributed by atoms with Gasteiger partial charge >= 0.3 is 0 Å². The van der Waals surface area contributed by atoms with E-state index in [9.17, 15) is 5.11 Å². The number of aromatic nitrogens is 3. The van der Waals surface area contributed by atoms with E-state index in [4.69, 9.17) is 5.73 Å². The predicted molar refractivity (Wildman–Crippen MR) is 73.7 cm³/mol. The lowest BCUT2D eigenvalue weighted by Gasteiger charge is -2.03. The van der Waals surface area contributed by atoms with Crippen LogP contribution in [0.15, 0.2) is 18.2 Å². The van der Waals surface area contributed by atoms with Crippen LogP contribution in [0.1, 0.15) is 37.4 Å². The van der Waals surface area contributed by atoms with Crippen molar-refractivity contribution in [2.24, 2.45) is 7.05 Å². The van der Waals surface area contributed by atoms with Gasteiger partial charge in [-0.3, -0.25) is 0 Å². The van der Waals surface area contributed by atoms with E-state index in [1.54, 1.807) is 16.8 Å². The number of hydrogen-bond acceptors (Lipinski definition) is 4. The molecule has 0 amide bonds. The molecule has 0 atom stereocenters. The van der Waals surface area contributed by atoms with Gasteiger partial charge in [0.15, 0.2) is 11.6 Å². The summed E-state index contributed by atoms with van der Waals surface area (Å²) in [5, 5.41) is 14.2. The van der Waals surface area contributed by atoms with E-state index in [1.807, 2.05) is 13.1 Å². The van der Waals surface area contributed by atoms with E-state index >= 15 is 0 Å². The van der Waals surface area contributed by atoms with E-state index in [0.717, 1.165) is 17.2 Å². The first-order chi connectivity index (χ1) is 9.15. The standard InChI is InChI=1S/C14H18N4O/c1-18-14(10-6-7-11(15)12(19)8-10)16-13(17-18)9-4-2-3-5-9/h6-9,19H,2-5,15H2,1H3. The van der Waals surface area contributed by atoms with Crippen molar-refractivity contribution in [2.45, 2.75) is 31.6 Å². The fourth-order valence-corrected chi connectivity index (χ4v) is 2.70. The molecule has 0 unspecified atom stereocenters. The number of nitrogens with two attached hydrogens (primary N) is 1. The first-order valence-electron chi connectivity index (χ1n) is 6.65. The Morgan fingerprint density at radius 2 is 2.05 bits per heavy atom. The molecule has 3 rings (SSSR count). The lowest BCUT2D eigenvalue weighted by molar-refractivity contribution is 0.478. The van der Waals surface area contributed by atoms with Crippen molar-refractivity contribution in [3.63, 3.8) is 0 Å². The molecule has 0 aliphatic heterocycles. The Morgan fingerprint density at radius 1 is 1.32 bits per heavy atom. The zero-order valence-electron chi connectivity index (χ0n) is 11.0. The SMILES string of the molecule is Cn1nc(C2CCCC2)nc1-c1ccc(N)c(O)c1. The smallest absolute Gasteiger partial charge is 0.158 e. The van der Waals surface area contributed by atoms with Gasteiger partial charge in [0, 0.05) is 18.5 Å². The summed E-state index contributed by atoms with van der Waals surface area (Å²) in [4.78, 5) is 4.63. The molecule has 19 heavy (non-hydrogen) atoms. The van der Waals surface area contributed by atoms with Gasteiger partial charge in [0.25, 0.3) is 0 Å². The second kappa shape index (κ2) is 4.57. The molecule has 1 aromatic heterocycles. The van der Waals surface area contributed by atoms with Gasteiger partial charge in [-0.2, -0.15) is 5.10 Å². The Hall–Kier alpha value is -2.04. The van der Waals surface area contributed by atoms with Crippen molar-refractivity contribution in [3.05, 3.63) is 24.0 Å². The van der Waals surface area contributed by atoms with Gasteiger partial charge in [-0.15, -0.1) is 0 Å². The average Bonchev–Trinajstić information content (AvgIpc) is 3.01. The fourth-order valence-electron chi connectivity index (χ4n) is 2.70. The molecule has 1 aliphatic carbocycles. The molecule has 0 bridgehead atoms. The minimum absolute atomic E-state index is 0.0860. The van der Waals surface area contributed by atoms with Crippen molar-refractivity contribution in [2.75, 3.05) is 5.73 Å². The lowest BCUT2D eigenvalue weighted by atomic mass is 10.1. The van der Waals surface area contributed by atoms with Gasteiger partial charge < -0.3 is 10.8 Å². The maximum Gasteiger partial charge on any atom is 0.158 e. The molecule has 2 aromatic rings. The molecule has 100 valence electrons. The van der Waals surface area contributed by atoms with Crippen LogP contribution in [0.3, 0.4) is 0 Å². The van der Waals surface area contributed by atoms with Crippen LogP contribution in [-0.4, -0.2) is 19.9 Å². The van der Waals surface area contributed by atoms with Crippen molar-refractivity contribution >= 4 is 5.69 Å². The first kappa shape index (κ1) is 12.0. The summed E-state index contributed by atoms with van der Waals surface area (Å²) in [6.45, 7) is 0. The number of benzene rings is 1. The number of nitrogen functional groups attached to an aromatic ring is 1. The van der Waals surface area contributed by atoms with Gasteiger partial charge in [-0.1, -0.05) is 12.8 Å². The Bertz CT molecular complexity index is 599. The predicted octanol–water partition coefficient (Wildman–Crippen LogP) is 2.43. The molecule has 5 heteroatoms. The Morgan fingerprint density at radius 3 is 2.74 bits per heavy atom. The summed E-state index contributed by atoms with van der Waals surface area (Å²) >= 11 is 0. The number of hydrogen-bond donors (Lipinski definition) is 2. The van der Waals surface area contributed by atoms with Crippen LogP contribution in [0, 0.1) is 0 Å². The Labute approximate surface area is 112 Å². The number of aromatic hydroxyl groups is 1. The van der Waals surface area contributed by atoms with Crippen molar-refractivity contribution in [3.8, 4) is 17.1 Å². The third-order valence-corrected chi connectivity index (χ3v) is 3.79. The summed E-state index contributed by atoms with van der Waals surface area (Å²) in [5.41, 5.74) is 6.83. The van der Waals surface area contributed by atoms with E-state index in [1.165, 1.54) is 25.7 Å². The van der Waals surface area contributed by atoms with Gasteiger partial charge in [-0.25, -0.2) is 9.67 Å². The monoisotopic (exact) mass is 258 g/mol. The number of rotatable bonds is 2. The van der Waals surface area contributed by atoms with Crippen molar-refractivity contribution in [1.29, 1.82) is 0 Å². The lowest BCUT2D eigenvalue weighted by Crippen LogP contribution is -1.97. The molecule has 1 heterocycles. The zero-order valence-corrected chi connectivity index (χ0v) is 11.0. The van der Waals surface area contributed by atoms with Crippen molar-refractivity contribution in [1.82, 2.24) is 14.8 Å². The largest absolute Gasteiger partial charge is 0.506 e. The number of nitrogens with zero attached hydrogens (tertiary/aromatic N) is 3. The number of phenolic OH excluding ortho intramolecular Hbond substituents is 1. The summed E-state index contributed by atoms with van der Waals surface area (Å²) < 4.78 is 1.78. The molecular weight excluding hydrogens is 240 g/mol. The normalized spacial score (nSPS) is 16.1. The van der Waals surface area contributed by atoms with Crippen LogP contribution < -0.4 is 5.73 Å². The van der Waals surface area contributed by atoms with Gasteiger partial charge in [0.05, 0.1) is 5.69 Å². The molecule has 3 N–H and O–H groups in total. The minimum Gasteiger partial charge on any atom is -0.506 e. The summed E-state index contributed by atoms with van der Waals surface area (Å²) in [6.07, 6.45) is 4.88. The molecule has 0 radical (unpaired) electrons. The number of anilines is 1. The third kappa shape index (κ3) is 2.16. The highest BCUT2D eigenvalue weighted by atomic mass is 16.3. The van der Waals surface area contributed by atoms with E-state index < -0.39 is 0 Å². The highest BCUT2D eigenvalue weighted by Gasteiger charge is 2.22. The molecule has 1 aliphatic rings. The number of phenols is 1. The third-order valence-electron chi connectivity index (χ3n) is 3.79. The quantitative estimate of drug-likeness (QED) is 0.640. The molecule has 1 aromatic carbocycles. The van der Waals surface area contributed by atoms with Gasteiger partial charge in [0.2, 0.25) is 0 Å². The maximum atomic E-state index is 9.69. The van der Waals surface area contributed by atoms with Gasteiger partial charge in [-0.05, 0) is 31.0 Å². The van der Waals surface area contributed by atoms with E-state index in [0.29, 0.717) is 11.6 Å². The Kier molecular flexibility index (Phi) is 2.89. The summed E-state index contributed by atoms with van der Waals surface area (Å²) in [7, 11) is 1.88. The highest BCUT2D eigenvalue weighted by molar-refractivity contribution is 5.65. The van der Waals surface area contributed by atoms with Gasteiger partial charge in [0.1, 0.15) is 5.75 Å². The van der Waals surface area contributed by atoms with Crippen LogP contribution in [-0.2, 0) is 7.05 Å². The fraction of sp³-hybridized carbons (Fsp3) is 0.429. The molecular formula is C14H18N4O. The molecule has 1 fully saturated rings. The molecule has 0 saturated heterocycles. The Balaban J connectivity index is 1.97. The second-order valence-electron chi connectivity index (χ2n) is 5.17. The number of aryl methyl sites for hydroxylation is 1. The van der Waals surface area contributed by atoms with Crippen LogP contribution in [0.4, 0.5) is 5.69 Å². The average molecular weight is 258 g/mol. The maximum absolute atomic E-state index is 9.69. The van der Waals surface area contributed by atoms with Crippen LogP contribution >= 0.6 is 0 Å². The first-order valence-corrected chi connectivity index (χ1v) is 6.65. The van der Waals surface area contributed by atoms with Crippen LogP contribution in [0.5, 0.6) is 5.75 Å². The molecule has 5 nitrogen and oxygen atoms in total. The highest BCUT2D eigenvalue weighted by Crippen LogP contribution is 2.34. The minimum atomic E-state index is 0.0860. The van der Waals surface area contributed by atoms with Crippen LogP contribution in [0.25, 0.3) is 11.4 Å². The summed E-state index contributed by atoms with van der Waals surface area (Å²) in [6, 6.07) is 5.18. The van der Waals surface area contributed by atoms with E-state index in [2.05, 4.69) is 10.1 Å². The molecule has 1 saturated carbocycles.